The average Bonchev–Trinajstić information content (AvgIpc) is 4.05. The topological polar surface area (TPSA) is 179 Å². The van der Waals surface area contributed by atoms with Gasteiger partial charge in [0.15, 0.2) is 0 Å². The number of ether oxygens (including phenoxy) is 2. The molecule has 6 rings (SSSR count). The highest BCUT2D eigenvalue weighted by molar-refractivity contribution is 6.00. The van der Waals surface area contributed by atoms with Crippen molar-refractivity contribution in [2.45, 2.75) is 129 Å². The number of carbonyl (C=O) groups is 6. The standard InChI is InChI=1S/C48H64FN7O8/c1-47(2,3)39(52-45(61)63-7)43(59)54-27-9-11-37(54)41(57)50-32-19-13-29(14-20-32)35-25-26-36(56(35)34-23-17-31(49)18-24-34)30-15-21-33(22-16-30)51-42(58)38-12-10-28-55(38)44(60)40(48(4,5)6)53-46(62)64-8/h13-17,19-23,35-40H,9-12,18,24-28H2,1-8H3,(H,50,57)(H,51,58)(H,52,61)(H,53,62)/t35-,36-,37+,38+,39-,40-/m1/s1. The number of likely N-dealkylation sites (tertiary alicyclic amines) is 3. The molecule has 0 radical (unpaired) electrons. The van der Waals surface area contributed by atoms with Crippen LogP contribution in [0.1, 0.15) is 116 Å². The minimum atomic E-state index is -0.880. The highest BCUT2D eigenvalue weighted by Gasteiger charge is 2.44. The van der Waals surface area contributed by atoms with Crippen molar-refractivity contribution >= 4 is 47.2 Å². The molecule has 346 valence electrons. The zero-order chi connectivity index (χ0) is 46.5. The Balaban J connectivity index is 1.14. The van der Waals surface area contributed by atoms with Gasteiger partial charge in [0.05, 0.1) is 26.3 Å². The van der Waals surface area contributed by atoms with E-state index in [4.69, 9.17) is 9.47 Å². The summed E-state index contributed by atoms with van der Waals surface area (Å²) in [6.45, 7) is 11.9. The van der Waals surface area contributed by atoms with Crippen molar-refractivity contribution in [3.8, 4) is 0 Å². The Morgan fingerprint density at radius 3 is 1.36 bits per heavy atom. The first kappa shape index (κ1) is 47.5. The summed E-state index contributed by atoms with van der Waals surface area (Å²) in [6, 6.07) is 12.2. The van der Waals surface area contributed by atoms with Gasteiger partial charge in [-0.25, -0.2) is 14.0 Å². The van der Waals surface area contributed by atoms with E-state index in [2.05, 4.69) is 26.2 Å². The molecule has 1 aliphatic carbocycles. The van der Waals surface area contributed by atoms with E-state index in [1.165, 1.54) is 20.3 Å². The van der Waals surface area contributed by atoms with Crippen LogP contribution in [0.2, 0.25) is 0 Å². The summed E-state index contributed by atoms with van der Waals surface area (Å²) >= 11 is 0. The molecule has 3 heterocycles. The first-order valence-corrected chi connectivity index (χ1v) is 22.3. The Kier molecular flexibility index (Phi) is 14.7. The minimum Gasteiger partial charge on any atom is -0.453 e. The van der Waals surface area contributed by atoms with E-state index in [1.807, 2.05) is 96.1 Å². The largest absolute Gasteiger partial charge is 0.453 e. The summed E-state index contributed by atoms with van der Waals surface area (Å²) in [5.41, 5.74) is 3.02. The predicted octanol–water partition coefficient (Wildman–Crippen LogP) is 7.50. The number of hydrogen-bond donors (Lipinski definition) is 4. The third-order valence-electron chi connectivity index (χ3n) is 12.7. The van der Waals surface area contributed by atoms with Crippen molar-refractivity contribution in [1.82, 2.24) is 25.3 Å². The molecule has 4 aliphatic rings. The lowest BCUT2D eigenvalue weighted by Crippen LogP contribution is -2.57. The maximum Gasteiger partial charge on any atom is 0.407 e. The first-order valence-electron chi connectivity index (χ1n) is 22.3. The van der Waals surface area contributed by atoms with E-state index < -0.39 is 47.2 Å². The van der Waals surface area contributed by atoms with Crippen molar-refractivity contribution < 1.29 is 42.6 Å². The molecule has 15 nitrogen and oxygen atoms in total. The Labute approximate surface area is 375 Å². The van der Waals surface area contributed by atoms with Gasteiger partial charge in [-0.1, -0.05) is 65.8 Å². The van der Waals surface area contributed by atoms with Crippen LogP contribution in [0.5, 0.6) is 0 Å². The zero-order valence-corrected chi connectivity index (χ0v) is 38.3. The number of rotatable bonds is 11. The fourth-order valence-electron chi connectivity index (χ4n) is 9.30. The van der Waals surface area contributed by atoms with Gasteiger partial charge in [-0.3, -0.25) is 19.2 Å². The van der Waals surface area contributed by atoms with Crippen LogP contribution < -0.4 is 21.3 Å². The minimum absolute atomic E-state index is 0.0361. The zero-order valence-electron chi connectivity index (χ0n) is 38.3. The van der Waals surface area contributed by atoms with Crippen molar-refractivity contribution in [2.75, 3.05) is 37.9 Å². The van der Waals surface area contributed by atoms with Crippen LogP contribution in [0.3, 0.4) is 0 Å². The van der Waals surface area contributed by atoms with E-state index in [0.29, 0.717) is 63.0 Å². The molecule has 2 aromatic carbocycles. The normalized spacial score (nSPS) is 22.2. The quantitative estimate of drug-likeness (QED) is 0.178. The van der Waals surface area contributed by atoms with Crippen LogP contribution >= 0.6 is 0 Å². The molecule has 6 amide bonds. The summed E-state index contributed by atoms with van der Waals surface area (Å²) < 4.78 is 23.8. The van der Waals surface area contributed by atoms with Crippen LogP contribution in [0.4, 0.5) is 25.4 Å². The number of halogens is 1. The van der Waals surface area contributed by atoms with E-state index in [-0.39, 0.29) is 41.5 Å². The Hall–Kier alpha value is -5.93. The van der Waals surface area contributed by atoms with Gasteiger partial charge in [-0.2, -0.15) is 0 Å². The van der Waals surface area contributed by atoms with Crippen molar-refractivity contribution in [1.29, 1.82) is 0 Å². The van der Waals surface area contributed by atoms with E-state index in [0.717, 1.165) is 29.7 Å². The molecule has 2 aromatic rings. The third-order valence-corrected chi connectivity index (χ3v) is 12.7. The molecular formula is C48H64FN7O8. The van der Waals surface area contributed by atoms with Gasteiger partial charge in [0, 0.05) is 36.6 Å². The summed E-state index contributed by atoms with van der Waals surface area (Å²) in [7, 11) is 2.48. The van der Waals surface area contributed by atoms with E-state index in [9.17, 15) is 33.2 Å². The molecule has 6 atom stereocenters. The lowest BCUT2D eigenvalue weighted by molar-refractivity contribution is -0.140. The second kappa shape index (κ2) is 19.9. The fraction of sp³-hybridized carbons (Fsp3) is 0.542. The second-order valence-corrected chi connectivity index (χ2v) is 19.3. The Morgan fingerprint density at radius 2 is 1.02 bits per heavy atom. The fourth-order valence-corrected chi connectivity index (χ4v) is 9.30. The molecule has 64 heavy (non-hydrogen) atoms. The van der Waals surface area contributed by atoms with Gasteiger partial charge in [-0.15, -0.1) is 0 Å². The molecule has 0 saturated carbocycles. The molecule has 3 fully saturated rings. The third kappa shape index (κ3) is 10.9. The summed E-state index contributed by atoms with van der Waals surface area (Å²) in [5.74, 6) is -1.44. The second-order valence-electron chi connectivity index (χ2n) is 19.3. The number of nitrogens with zero attached hydrogens (tertiary/aromatic N) is 3. The van der Waals surface area contributed by atoms with Gasteiger partial charge in [0.25, 0.3) is 0 Å². The maximum atomic E-state index is 14.3. The predicted molar refractivity (Wildman–Crippen MR) is 240 cm³/mol. The molecule has 3 saturated heterocycles. The maximum absolute atomic E-state index is 14.3. The molecule has 3 aliphatic heterocycles. The van der Waals surface area contributed by atoms with Crippen molar-refractivity contribution in [3.63, 3.8) is 0 Å². The van der Waals surface area contributed by atoms with E-state index in [1.54, 1.807) is 9.80 Å². The monoisotopic (exact) mass is 885 g/mol. The lowest BCUT2D eigenvalue weighted by Gasteiger charge is -2.36. The van der Waals surface area contributed by atoms with Gasteiger partial charge in [0.2, 0.25) is 23.6 Å². The number of benzene rings is 2. The van der Waals surface area contributed by atoms with Gasteiger partial charge >= 0.3 is 12.2 Å². The molecule has 4 N–H and O–H groups in total. The SMILES string of the molecule is COC(=O)N[C@H](C(=O)N1CCC[C@H]1C(=O)Nc1ccc([C@H]2CC[C@H](c3ccc(NC(=O)[C@@H]4CCCN4C(=O)[C@@H](NC(=O)OC)C(C)(C)C)cc3)N2C2=CC=C(F)CC2)cc1)C(C)(C)C. The van der Waals surface area contributed by atoms with Crippen molar-refractivity contribution in [2.24, 2.45) is 10.8 Å². The number of allylic oxidation sites excluding steroid dienone is 4. The average molecular weight is 886 g/mol. The van der Waals surface area contributed by atoms with Crippen LogP contribution in [0.25, 0.3) is 0 Å². The van der Waals surface area contributed by atoms with Gasteiger partial charge in [-0.05, 0) is 103 Å². The number of amides is 6. The molecular weight excluding hydrogens is 822 g/mol. The van der Waals surface area contributed by atoms with Crippen LogP contribution in [0, 0.1) is 10.8 Å². The van der Waals surface area contributed by atoms with E-state index >= 15 is 0 Å². The first-order chi connectivity index (χ1) is 30.3. The molecule has 0 bridgehead atoms. The highest BCUT2D eigenvalue weighted by Crippen LogP contribution is 2.48. The van der Waals surface area contributed by atoms with Gasteiger partial charge in [0.1, 0.15) is 30.0 Å². The van der Waals surface area contributed by atoms with Gasteiger partial charge < -0.3 is 45.4 Å². The molecule has 0 unspecified atom stereocenters. The number of alkyl carbamates (subject to hydrolysis) is 2. The number of nitrogens with one attached hydrogen (secondary N) is 4. The smallest absolute Gasteiger partial charge is 0.407 e. The molecule has 0 spiro atoms. The molecule has 0 aromatic heterocycles. The summed E-state index contributed by atoms with van der Waals surface area (Å²) in [5, 5.41) is 11.3. The Bertz CT molecular complexity index is 2000. The van der Waals surface area contributed by atoms with Crippen LogP contribution in [-0.2, 0) is 28.7 Å². The highest BCUT2D eigenvalue weighted by atomic mass is 19.1. The number of carbonyl (C=O) groups excluding carboxylic acids is 6. The number of hydrogen-bond acceptors (Lipinski definition) is 9. The molecule has 16 heteroatoms. The van der Waals surface area contributed by atoms with Crippen molar-refractivity contribution in [3.05, 3.63) is 83.3 Å². The van der Waals surface area contributed by atoms with Crippen LogP contribution in [-0.4, -0.2) is 102 Å². The number of anilines is 2. The lowest BCUT2D eigenvalue weighted by atomic mass is 9.85. The summed E-state index contributed by atoms with van der Waals surface area (Å²) in [4.78, 5) is 84.5. The number of methoxy groups -OCH3 is 2. The Morgan fingerprint density at radius 1 is 0.609 bits per heavy atom. The summed E-state index contributed by atoms with van der Waals surface area (Å²) in [6.07, 6.45) is 6.74. The van der Waals surface area contributed by atoms with Crippen LogP contribution in [0.15, 0.2) is 72.2 Å².